The molecule has 2 atom stereocenters. The minimum absolute atomic E-state index is 0.235. The zero-order valence-electron chi connectivity index (χ0n) is 14.0. The Morgan fingerprint density at radius 1 is 1.22 bits per heavy atom. The highest BCUT2D eigenvalue weighted by molar-refractivity contribution is 7.88. The third kappa shape index (κ3) is 3.97. The average molecular weight is 340 g/mol. The van der Waals surface area contributed by atoms with Gasteiger partial charge in [0.1, 0.15) is 0 Å². The van der Waals surface area contributed by atoms with Crippen molar-refractivity contribution in [3.63, 3.8) is 0 Å². The van der Waals surface area contributed by atoms with Crippen molar-refractivity contribution < 1.29 is 13.2 Å². The molecule has 2 aliphatic heterocycles. The van der Waals surface area contributed by atoms with Gasteiger partial charge in [0.05, 0.1) is 6.26 Å². The van der Waals surface area contributed by atoms with Crippen molar-refractivity contribution in [3.05, 3.63) is 11.6 Å². The van der Waals surface area contributed by atoms with Gasteiger partial charge in [0.25, 0.3) is 0 Å². The van der Waals surface area contributed by atoms with Crippen LogP contribution < -0.4 is 0 Å². The second-order valence-electron chi connectivity index (χ2n) is 7.22. The standard InChI is InChI=1S/C17H28N2O3S/c1-23(21,22)18-11-10-16-15(13-18)7-8-17(20)19(16)12-9-14-5-3-2-4-6-14/h5,15-16H,2-4,6-13H2,1H3/t15-,16+/m0/s1. The Labute approximate surface area is 139 Å². The van der Waals surface area contributed by atoms with Crippen LogP contribution in [-0.4, -0.2) is 55.5 Å². The number of sulfonamides is 1. The molecule has 1 amide bonds. The van der Waals surface area contributed by atoms with E-state index in [1.165, 1.54) is 37.5 Å². The number of piperidine rings is 2. The van der Waals surface area contributed by atoms with E-state index in [1.54, 1.807) is 4.31 Å². The maximum Gasteiger partial charge on any atom is 0.222 e. The van der Waals surface area contributed by atoms with Gasteiger partial charge in [0.15, 0.2) is 0 Å². The first-order chi connectivity index (χ1) is 10.9. The SMILES string of the molecule is CS(=O)(=O)N1CC[C@@H]2[C@@H](CCC(=O)N2CCC2=CCCCC2)C1. The third-order valence-electron chi connectivity index (χ3n) is 5.63. The Hall–Kier alpha value is -0.880. The number of hydrogen-bond donors (Lipinski definition) is 0. The number of hydrogen-bond acceptors (Lipinski definition) is 3. The van der Waals surface area contributed by atoms with Gasteiger partial charge in [-0.3, -0.25) is 4.79 Å². The van der Waals surface area contributed by atoms with Crippen molar-refractivity contribution in [1.82, 2.24) is 9.21 Å². The molecule has 0 bridgehead atoms. The molecule has 3 rings (SSSR count). The second-order valence-corrected chi connectivity index (χ2v) is 9.20. The Morgan fingerprint density at radius 2 is 2.04 bits per heavy atom. The van der Waals surface area contributed by atoms with Crippen LogP contribution in [0.25, 0.3) is 0 Å². The quantitative estimate of drug-likeness (QED) is 0.737. The monoisotopic (exact) mass is 340 g/mol. The summed E-state index contributed by atoms with van der Waals surface area (Å²) in [4.78, 5) is 14.4. The molecule has 6 heteroatoms. The smallest absolute Gasteiger partial charge is 0.222 e. The molecule has 0 N–H and O–H groups in total. The Balaban J connectivity index is 1.63. The van der Waals surface area contributed by atoms with Gasteiger partial charge in [-0.15, -0.1) is 0 Å². The summed E-state index contributed by atoms with van der Waals surface area (Å²) in [5.41, 5.74) is 1.50. The minimum atomic E-state index is -3.12. The maximum absolute atomic E-state index is 12.4. The number of carbonyl (C=O) groups excluding carboxylic acids is 1. The van der Waals surface area contributed by atoms with Crippen LogP contribution in [0.1, 0.15) is 51.4 Å². The van der Waals surface area contributed by atoms with E-state index in [2.05, 4.69) is 11.0 Å². The molecule has 2 fully saturated rings. The fourth-order valence-corrected chi connectivity index (χ4v) is 5.20. The highest BCUT2D eigenvalue weighted by Gasteiger charge is 2.40. The number of allylic oxidation sites excluding steroid dienone is 1. The van der Waals surface area contributed by atoms with E-state index >= 15 is 0 Å². The lowest BCUT2D eigenvalue weighted by atomic mass is 9.84. The molecule has 2 heterocycles. The summed E-state index contributed by atoms with van der Waals surface area (Å²) in [5, 5.41) is 0. The summed E-state index contributed by atoms with van der Waals surface area (Å²) in [7, 11) is -3.12. The van der Waals surface area contributed by atoms with Crippen LogP contribution in [0.3, 0.4) is 0 Å². The first-order valence-corrected chi connectivity index (χ1v) is 10.7. The fourth-order valence-electron chi connectivity index (χ4n) is 4.31. The number of rotatable bonds is 4. The molecule has 0 saturated carbocycles. The Kier molecular flexibility index (Phi) is 5.11. The average Bonchev–Trinajstić information content (AvgIpc) is 2.53. The van der Waals surface area contributed by atoms with E-state index in [4.69, 9.17) is 0 Å². The van der Waals surface area contributed by atoms with Crippen LogP contribution in [0.5, 0.6) is 0 Å². The zero-order chi connectivity index (χ0) is 16.4. The number of nitrogens with zero attached hydrogens (tertiary/aromatic N) is 2. The molecular formula is C17H28N2O3S. The van der Waals surface area contributed by atoms with Crippen molar-refractivity contribution in [2.75, 3.05) is 25.9 Å². The molecule has 130 valence electrons. The predicted octanol–water partition coefficient (Wildman–Crippen LogP) is 2.15. The van der Waals surface area contributed by atoms with Crippen molar-refractivity contribution >= 4 is 15.9 Å². The third-order valence-corrected chi connectivity index (χ3v) is 6.90. The number of carbonyl (C=O) groups is 1. The summed E-state index contributed by atoms with van der Waals surface area (Å²) in [6, 6.07) is 0.235. The van der Waals surface area contributed by atoms with Crippen LogP contribution in [0, 0.1) is 5.92 Å². The molecular weight excluding hydrogens is 312 g/mol. The van der Waals surface area contributed by atoms with E-state index in [0.717, 1.165) is 25.8 Å². The topological polar surface area (TPSA) is 57.7 Å². The van der Waals surface area contributed by atoms with E-state index < -0.39 is 10.0 Å². The molecule has 1 aliphatic carbocycles. The van der Waals surface area contributed by atoms with Gasteiger partial charge >= 0.3 is 0 Å². The molecule has 0 unspecified atom stereocenters. The molecule has 23 heavy (non-hydrogen) atoms. The minimum Gasteiger partial charge on any atom is -0.339 e. The highest BCUT2D eigenvalue weighted by atomic mass is 32.2. The van der Waals surface area contributed by atoms with Crippen molar-refractivity contribution in [1.29, 1.82) is 0 Å². The summed E-state index contributed by atoms with van der Waals surface area (Å²) >= 11 is 0. The maximum atomic E-state index is 12.4. The Bertz CT molecular complexity index is 585. The summed E-state index contributed by atoms with van der Waals surface area (Å²) in [6.45, 7) is 1.94. The molecule has 0 aromatic rings. The van der Waals surface area contributed by atoms with E-state index in [1.807, 2.05) is 0 Å². The predicted molar refractivity (Wildman–Crippen MR) is 90.4 cm³/mol. The largest absolute Gasteiger partial charge is 0.339 e. The van der Waals surface area contributed by atoms with Gasteiger partial charge in [-0.1, -0.05) is 11.6 Å². The zero-order valence-corrected chi connectivity index (χ0v) is 14.9. The van der Waals surface area contributed by atoms with E-state index in [0.29, 0.717) is 25.4 Å². The van der Waals surface area contributed by atoms with Crippen molar-refractivity contribution in [2.45, 2.75) is 57.4 Å². The molecule has 0 radical (unpaired) electrons. The molecule has 3 aliphatic rings. The van der Waals surface area contributed by atoms with Gasteiger partial charge in [0, 0.05) is 32.1 Å². The van der Waals surface area contributed by atoms with Gasteiger partial charge in [-0.2, -0.15) is 0 Å². The summed E-state index contributed by atoms with van der Waals surface area (Å²) < 4.78 is 25.1. The normalized spacial score (nSPS) is 30.0. The first kappa shape index (κ1) is 17.0. The summed E-state index contributed by atoms with van der Waals surface area (Å²) in [5.74, 6) is 0.562. The van der Waals surface area contributed by atoms with Crippen LogP contribution in [0.2, 0.25) is 0 Å². The van der Waals surface area contributed by atoms with Gasteiger partial charge in [0.2, 0.25) is 15.9 Å². The fraction of sp³-hybridized carbons (Fsp3) is 0.824. The molecule has 0 spiro atoms. The molecule has 5 nitrogen and oxygen atoms in total. The molecule has 2 saturated heterocycles. The number of likely N-dealkylation sites (tertiary alicyclic amines) is 1. The lowest BCUT2D eigenvalue weighted by molar-refractivity contribution is -0.140. The van der Waals surface area contributed by atoms with Crippen molar-refractivity contribution in [2.24, 2.45) is 5.92 Å². The van der Waals surface area contributed by atoms with Crippen molar-refractivity contribution in [3.8, 4) is 0 Å². The lowest BCUT2D eigenvalue weighted by Gasteiger charge is -2.46. The van der Waals surface area contributed by atoms with Crippen LogP contribution >= 0.6 is 0 Å². The van der Waals surface area contributed by atoms with Crippen LogP contribution in [-0.2, 0) is 14.8 Å². The second kappa shape index (κ2) is 6.93. The van der Waals surface area contributed by atoms with Gasteiger partial charge in [-0.25, -0.2) is 12.7 Å². The van der Waals surface area contributed by atoms with Crippen LogP contribution in [0.15, 0.2) is 11.6 Å². The number of amides is 1. The number of fused-ring (bicyclic) bond motifs is 1. The first-order valence-electron chi connectivity index (χ1n) is 8.87. The van der Waals surface area contributed by atoms with Gasteiger partial charge in [-0.05, 0) is 50.9 Å². The summed E-state index contributed by atoms with van der Waals surface area (Å²) in [6.07, 6.45) is 11.7. The molecule has 0 aromatic carbocycles. The Morgan fingerprint density at radius 3 is 2.74 bits per heavy atom. The van der Waals surface area contributed by atoms with E-state index in [-0.39, 0.29) is 11.9 Å². The van der Waals surface area contributed by atoms with Crippen LogP contribution in [0.4, 0.5) is 0 Å². The highest BCUT2D eigenvalue weighted by Crippen LogP contribution is 2.33. The van der Waals surface area contributed by atoms with E-state index in [9.17, 15) is 13.2 Å². The molecule has 0 aromatic heterocycles. The van der Waals surface area contributed by atoms with Gasteiger partial charge < -0.3 is 4.90 Å². The lowest BCUT2D eigenvalue weighted by Crippen LogP contribution is -2.56.